The topological polar surface area (TPSA) is 35.2 Å². The van der Waals surface area contributed by atoms with Crippen LogP contribution in [0.1, 0.15) is 11.1 Å². The third-order valence-electron chi connectivity index (χ3n) is 1.90. The smallest absolute Gasteiger partial charge is 0.261 e. The Kier molecular flexibility index (Phi) is 5.53. The molecule has 0 spiro atoms. The number of hydrogen-bond donors (Lipinski definition) is 1. The summed E-state index contributed by atoms with van der Waals surface area (Å²) < 4.78 is 41.5. The van der Waals surface area contributed by atoms with Gasteiger partial charge in [-0.1, -0.05) is 17.9 Å². The van der Waals surface area contributed by atoms with Crippen LogP contribution in [0.4, 0.5) is 13.2 Å². The Balaban J connectivity index is 2.76. The molecule has 0 aliphatic rings. The average Bonchev–Trinajstić information content (AvgIpc) is 2.28. The van der Waals surface area contributed by atoms with Crippen LogP contribution in [-0.2, 0) is 11.3 Å². The molecule has 0 atom stereocenters. The van der Waals surface area contributed by atoms with Gasteiger partial charge in [-0.15, -0.1) is 0 Å². The van der Waals surface area contributed by atoms with Crippen molar-refractivity contribution in [3.8, 4) is 11.8 Å². The summed E-state index contributed by atoms with van der Waals surface area (Å²) in [6.07, 6.45) is -2.52. The Morgan fingerprint density at radius 1 is 1.35 bits per heavy atom. The van der Waals surface area contributed by atoms with E-state index in [2.05, 4.69) is 11.8 Å². The predicted molar refractivity (Wildman–Crippen MR) is 58.0 cm³/mol. The molecule has 92 valence electrons. The fourth-order valence-electron chi connectivity index (χ4n) is 1.20. The summed E-state index contributed by atoms with van der Waals surface area (Å²) in [6.45, 7) is -0.534. The second-order valence-electron chi connectivity index (χ2n) is 3.21. The number of rotatable bonds is 4. The Hall–Kier alpha value is -1.51. The molecule has 0 aromatic heterocycles. The quantitative estimate of drug-likeness (QED) is 0.820. The lowest BCUT2D eigenvalue weighted by molar-refractivity contribution is 0.00980. The monoisotopic (exact) mass is 243 g/mol. The van der Waals surface area contributed by atoms with Crippen molar-refractivity contribution in [2.75, 3.05) is 13.2 Å². The van der Waals surface area contributed by atoms with Crippen molar-refractivity contribution in [3.63, 3.8) is 0 Å². The minimum Gasteiger partial charge on any atom is -0.371 e. The number of benzene rings is 1. The first-order valence-corrected chi connectivity index (χ1v) is 4.96. The van der Waals surface area contributed by atoms with Crippen LogP contribution in [0.25, 0.3) is 0 Å². The van der Waals surface area contributed by atoms with Crippen molar-refractivity contribution in [3.05, 3.63) is 35.1 Å². The molecule has 5 heteroatoms. The zero-order chi connectivity index (χ0) is 12.7. The molecule has 2 N–H and O–H groups in total. The van der Waals surface area contributed by atoms with Crippen molar-refractivity contribution >= 4 is 0 Å². The molecule has 0 radical (unpaired) electrons. The molecule has 0 heterocycles. The van der Waals surface area contributed by atoms with Gasteiger partial charge in [-0.2, -0.15) is 0 Å². The van der Waals surface area contributed by atoms with Gasteiger partial charge in [0.05, 0.1) is 13.2 Å². The van der Waals surface area contributed by atoms with E-state index in [1.807, 2.05) is 0 Å². The van der Waals surface area contributed by atoms with E-state index < -0.39 is 18.8 Å². The SMILES string of the molecule is NCC#Cc1cc(F)ccc1COCC(F)F. The minimum absolute atomic E-state index is 0.0286. The van der Waals surface area contributed by atoms with Crippen LogP contribution >= 0.6 is 0 Å². The van der Waals surface area contributed by atoms with E-state index >= 15 is 0 Å². The maximum atomic E-state index is 13.0. The van der Waals surface area contributed by atoms with E-state index in [0.717, 1.165) is 0 Å². The second kappa shape index (κ2) is 6.94. The van der Waals surface area contributed by atoms with Gasteiger partial charge in [-0.3, -0.25) is 0 Å². The van der Waals surface area contributed by atoms with Crippen LogP contribution in [0.5, 0.6) is 0 Å². The second-order valence-corrected chi connectivity index (χ2v) is 3.21. The molecule has 0 fully saturated rings. The van der Waals surface area contributed by atoms with Crippen LogP contribution in [0.2, 0.25) is 0 Å². The number of hydrogen-bond acceptors (Lipinski definition) is 2. The first-order valence-electron chi connectivity index (χ1n) is 4.96. The predicted octanol–water partition coefficient (Wildman–Crippen LogP) is 1.92. The molecule has 0 bridgehead atoms. The lowest BCUT2D eigenvalue weighted by Gasteiger charge is -2.06. The third-order valence-corrected chi connectivity index (χ3v) is 1.90. The molecule has 0 unspecified atom stereocenters. The van der Waals surface area contributed by atoms with E-state index in [-0.39, 0.29) is 13.2 Å². The Labute approximate surface area is 97.6 Å². The molecule has 0 saturated heterocycles. The number of nitrogens with two attached hydrogens (primary N) is 1. The summed E-state index contributed by atoms with van der Waals surface area (Å²) in [5.41, 5.74) is 6.18. The third kappa shape index (κ3) is 4.89. The van der Waals surface area contributed by atoms with E-state index in [4.69, 9.17) is 10.5 Å². The Bertz CT molecular complexity index is 423. The van der Waals surface area contributed by atoms with Crippen LogP contribution in [-0.4, -0.2) is 19.6 Å². The minimum atomic E-state index is -2.52. The largest absolute Gasteiger partial charge is 0.371 e. The maximum Gasteiger partial charge on any atom is 0.261 e. The van der Waals surface area contributed by atoms with Crippen molar-refractivity contribution < 1.29 is 17.9 Å². The highest BCUT2D eigenvalue weighted by Crippen LogP contribution is 2.12. The first-order chi connectivity index (χ1) is 8.13. The molecule has 0 amide bonds. The molecule has 2 nitrogen and oxygen atoms in total. The van der Waals surface area contributed by atoms with Crippen molar-refractivity contribution in [1.82, 2.24) is 0 Å². The van der Waals surface area contributed by atoms with Gasteiger partial charge in [0, 0.05) is 5.56 Å². The average molecular weight is 243 g/mol. The lowest BCUT2D eigenvalue weighted by atomic mass is 10.1. The molecular weight excluding hydrogens is 231 g/mol. The van der Waals surface area contributed by atoms with Crippen LogP contribution in [0.3, 0.4) is 0 Å². The normalized spacial score (nSPS) is 10.2. The van der Waals surface area contributed by atoms with Crippen LogP contribution in [0, 0.1) is 17.7 Å². The summed E-state index contributed by atoms with van der Waals surface area (Å²) >= 11 is 0. The molecule has 0 aliphatic carbocycles. The molecular formula is C12H12F3NO. The highest BCUT2D eigenvalue weighted by Gasteiger charge is 2.05. The fourth-order valence-corrected chi connectivity index (χ4v) is 1.20. The van der Waals surface area contributed by atoms with Crippen molar-refractivity contribution in [2.45, 2.75) is 13.0 Å². The standard InChI is InChI=1S/C12H12F3NO/c13-11-4-3-10(7-17-8-12(14)15)9(6-11)2-1-5-16/h3-4,6,12H,5,7-8,16H2. The molecule has 17 heavy (non-hydrogen) atoms. The summed E-state index contributed by atoms with van der Waals surface area (Å²) in [4.78, 5) is 0. The highest BCUT2D eigenvalue weighted by molar-refractivity contribution is 5.41. The zero-order valence-electron chi connectivity index (χ0n) is 9.05. The van der Waals surface area contributed by atoms with Gasteiger partial charge in [-0.05, 0) is 17.7 Å². The molecule has 0 aliphatic heterocycles. The van der Waals surface area contributed by atoms with E-state index in [9.17, 15) is 13.2 Å². The van der Waals surface area contributed by atoms with Gasteiger partial charge >= 0.3 is 0 Å². The summed E-state index contributed by atoms with van der Waals surface area (Å²) in [5, 5.41) is 0. The van der Waals surface area contributed by atoms with E-state index in [1.165, 1.54) is 18.2 Å². The van der Waals surface area contributed by atoms with Gasteiger partial charge in [0.2, 0.25) is 0 Å². The van der Waals surface area contributed by atoms with E-state index in [0.29, 0.717) is 11.1 Å². The Morgan fingerprint density at radius 2 is 2.12 bits per heavy atom. The lowest BCUT2D eigenvalue weighted by Crippen LogP contribution is -2.05. The fraction of sp³-hybridized carbons (Fsp3) is 0.333. The molecule has 1 aromatic rings. The Morgan fingerprint density at radius 3 is 2.76 bits per heavy atom. The number of halogens is 3. The molecule has 1 rings (SSSR count). The van der Waals surface area contributed by atoms with Gasteiger partial charge in [0.1, 0.15) is 12.4 Å². The van der Waals surface area contributed by atoms with Crippen molar-refractivity contribution in [1.29, 1.82) is 0 Å². The number of ether oxygens (including phenoxy) is 1. The van der Waals surface area contributed by atoms with Crippen LogP contribution < -0.4 is 5.73 Å². The summed E-state index contributed by atoms with van der Waals surface area (Å²) in [7, 11) is 0. The van der Waals surface area contributed by atoms with Gasteiger partial charge in [0.25, 0.3) is 6.43 Å². The zero-order valence-corrected chi connectivity index (χ0v) is 9.05. The van der Waals surface area contributed by atoms with Crippen LogP contribution in [0.15, 0.2) is 18.2 Å². The maximum absolute atomic E-state index is 13.0. The first kappa shape index (κ1) is 13.6. The van der Waals surface area contributed by atoms with Gasteiger partial charge in [0.15, 0.2) is 0 Å². The summed E-state index contributed by atoms with van der Waals surface area (Å²) in [6, 6.07) is 3.92. The van der Waals surface area contributed by atoms with Gasteiger partial charge in [-0.25, -0.2) is 13.2 Å². The molecule has 1 aromatic carbocycles. The van der Waals surface area contributed by atoms with Crippen molar-refractivity contribution in [2.24, 2.45) is 5.73 Å². The summed E-state index contributed by atoms with van der Waals surface area (Å²) in [5.74, 6) is 4.81. The van der Waals surface area contributed by atoms with E-state index in [1.54, 1.807) is 0 Å². The van der Waals surface area contributed by atoms with Gasteiger partial charge < -0.3 is 10.5 Å². The number of alkyl halides is 2. The molecule has 0 saturated carbocycles. The highest BCUT2D eigenvalue weighted by atomic mass is 19.3.